The SMILES string of the molecule is C=C1CC2(CO1)CC1C=CC2C1. The number of allylic oxidation sites excluding steroid dienone is 3. The molecule has 0 amide bonds. The lowest BCUT2D eigenvalue weighted by Crippen LogP contribution is -2.25. The Bertz CT molecular complexity index is 266. The summed E-state index contributed by atoms with van der Waals surface area (Å²) >= 11 is 0. The van der Waals surface area contributed by atoms with Gasteiger partial charge in [-0.05, 0) is 24.7 Å². The summed E-state index contributed by atoms with van der Waals surface area (Å²) < 4.78 is 5.51. The minimum atomic E-state index is 0.469. The van der Waals surface area contributed by atoms with Gasteiger partial charge in [-0.15, -0.1) is 0 Å². The van der Waals surface area contributed by atoms with Gasteiger partial charge in [-0.1, -0.05) is 18.7 Å². The zero-order valence-electron chi connectivity index (χ0n) is 7.25. The standard InChI is InChI=1S/C11H14O/c1-8-5-11(7-12-8)6-9-2-3-10(11)4-9/h2-3,9-10H,1,4-7H2. The van der Waals surface area contributed by atoms with Crippen LogP contribution in [0.2, 0.25) is 0 Å². The zero-order valence-corrected chi connectivity index (χ0v) is 7.25. The van der Waals surface area contributed by atoms with Gasteiger partial charge in [-0.3, -0.25) is 0 Å². The molecule has 2 bridgehead atoms. The molecule has 2 aliphatic carbocycles. The highest BCUT2D eigenvalue weighted by Crippen LogP contribution is 2.57. The van der Waals surface area contributed by atoms with Crippen molar-refractivity contribution in [3.63, 3.8) is 0 Å². The van der Waals surface area contributed by atoms with Gasteiger partial charge < -0.3 is 4.74 Å². The molecule has 1 nitrogen and oxygen atoms in total. The van der Waals surface area contributed by atoms with Crippen molar-refractivity contribution in [1.82, 2.24) is 0 Å². The summed E-state index contributed by atoms with van der Waals surface area (Å²) in [4.78, 5) is 0. The first-order chi connectivity index (χ1) is 5.78. The first kappa shape index (κ1) is 6.76. The van der Waals surface area contributed by atoms with E-state index in [2.05, 4.69) is 18.7 Å². The second-order valence-corrected chi connectivity index (χ2v) is 4.56. The van der Waals surface area contributed by atoms with E-state index in [1.807, 2.05) is 0 Å². The number of hydrogen-bond donors (Lipinski definition) is 0. The van der Waals surface area contributed by atoms with E-state index in [0.29, 0.717) is 5.41 Å². The van der Waals surface area contributed by atoms with Crippen molar-refractivity contribution >= 4 is 0 Å². The van der Waals surface area contributed by atoms with Gasteiger partial charge in [0, 0.05) is 11.8 Å². The third-order valence-electron chi connectivity index (χ3n) is 3.74. The Kier molecular flexibility index (Phi) is 1.10. The lowest BCUT2D eigenvalue weighted by atomic mass is 9.75. The number of ether oxygens (including phenoxy) is 1. The van der Waals surface area contributed by atoms with Gasteiger partial charge in [0.2, 0.25) is 0 Å². The van der Waals surface area contributed by atoms with Crippen molar-refractivity contribution in [3.05, 3.63) is 24.5 Å². The van der Waals surface area contributed by atoms with Gasteiger partial charge in [-0.25, -0.2) is 0 Å². The monoisotopic (exact) mass is 162 g/mol. The topological polar surface area (TPSA) is 9.23 Å². The Morgan fingerprint density at radius 2 is 2.42 bits per heavy atom. The third kappa shape index (κ3) is 0.694. The fourth-order valence-corrected chi connectivity index (χ4v) is 3.16. The summed E-state index contributed by atoms with van der Waals surface area (Å²) in [6, 6.07) is 0. The molecule has 1 saturated carbocycles. The molecule has 3 atom stereocenters. The average molecular weight is 162 g/mol. The second-order valence-electron chi connectivity index (χ2n) is 4.56. The Balaban J connectivity index is 1.94. The van der Waals surface area contributed by atoms with E-state index in [1.165, 1.54) is 12.8 Å². The van der Waals surface area contributed by atoms with Crippen LogP contribution in [0, 0.1) is 17.3 Å². The molecule has 1 aliphatic heterocycles. The van der Waals surface area contributed by atoms with Crippen LogP contribution in [0.15, 0.2) is 24.5 Å². The fourth-order valence-electron chi connectivity index (χ4n) is 3.16. The molecular formula is C11H14O. The molecule has 0 aromatic heterocycles. The smallest absolute Gasteiger partial charge is 0.0943 e. The maximum Gasteiger partial charge on any atom is 0.0943 e. The molecule has 1 heteroatoms. The van der Waals surface area contributed by atoms with Crippen molar-refractivity contribution in [2.24, 2.45) is 17.3 Å². The molecule has 2 fully saturated rings. The molecule has 3 aliphatic rings. The summed E-state index contributed by atoms with van der Waals surface area (Å²) in [6.45, 7) is 4.84. The van der Waals surface area contributed by atoms with E-state index in [-0.39, 0.29) is 0 Å². The Labute approximate surface area is 73.1 Å². The van der Waals surface area contributed by atoms with Crippen molar-refractivity contribution < 1.29 is 4.74 Å². The van der Waals surface area contributed by atoms with E-state index in [1.54, 1.807) is 0 Å². The minimum absolute atomic E-state index is 0.469. The van der Waals surface area contributed by atoms with Crippen LogP contribution in [0.1, 0.15) is 19.3 Å². The van der Waals surface area contributed by atoms with Crippen LogP contribution in [-0.4, -0.2) is 6.61 Å². The van der Waals surface area contributed by atoms with E-state index < -0.39 is 0 Å². The molecule has 0 N–H and O–H groups in total. The summed E-state index contributed by atoms with van der Waals surface area (Å²) in [5.74, 6) is 2.65. The summed E-state index contributed by atoms with van der Waals surface area (Å²) in [7, 11) is 0. The van der Waals surface area contributed by atoms with Crippen LogP contribution in [-0.2, 0) is 4.74 Å². The number of hydrogen-bond acceptors (Lipinski definition) is 1. The Morgan fingerprint density at radius 1 is 1.50 bits per heavy atom. The maximum atomic E-state index is 5.51. The number of rotatable bonds is 0. The van der Waals surface area contributed by atoms with E-state index in [9.17, 15) is 0 Å². The summed E-state index contributed by atoms with van der Waals surface area (Å²) in [5, 5.41) is 0. The average Bonchev–Trinajstić information content (AvgIpc) is 2.67. The van der Waals surface area contributed by atoms with Crippen LogP contribution < -0.4 is 0 Å². The Morgan fingerprint density at radius 3 is 2.92 bits per heavy atom. The van der Waals surface area contributed by atoms with Crippen LogP contribution in [0.3, 0.4) is 0 Å². The molecule has 1 spiro atoms. The van der Waals surface area contributed by atoms with Gasteiger partial charge in [0.05, 0.1) is 12.4 Å². The van der Waals surface area contributed by atoms with E-state index >= 15 is 0 Å². The molecule has 0 radical (unpaired) electrons. The highest BCUT2D eigenvalue weighted by molar-refractivity contribution is 5.19. The van der Waals surface area contributed by atoms with E-state index in [4.69, 9.17) is 4.74 Å². The number of fused-ring (bicyclic) bond motifs is 3. The third-order valence-corrected chi connectivity index (χ3v) is 3.74. The van der Waals surface area contributed by atoms with E-state index in [0.717, 1.165) is 30.6 Å². The van der Waals surface area contributed by atoms with Crippen LogP contribution in [0.4, 0.5) is 0 Å². The zero-order chi connectivity index (χ0) is 8.18. The predicted octanol–water partition coefficient (Wildman–Crippen LogP) is 2.50. The summed E-state index contributed by atoms with van der Waals surface area (Å²) in [6.07, 6.45) is 8.61. The highest BCUT2D eigenvalue weighted by atomic mass is 16.5. The minimum Gasteiger partial charge on any atom is -0.498 e. The molecule has 3 unspecified atom stereocenters. The second kappa shape index (κ2) is 1.95. The quantitative estimate of drug-likeness (QED) is 0.497. The van der Waals surface area contributed by atoms with Gasteiger partial charge >= 0.3 is 0 Å². The maximum absolute atomic E-state index is 5.51. The van der Waals surface area contributed by atoms with Crippen molar-refractivity contribution in [3.8, 4) is 0 Å². The highest BCUT2D eigenvalue weighted by Gasteiger charge is 2.51. The molecule has 12 heavy (non-hydrogen) atoms. The fraction of sp³-hybridized carbons (Fsp3) is 0.636. The van der Waals surface area contributed by atoms with Crippen LogP contribution in [0.25, 0.3) is 0 Å². The van der Waals surface area contributed by atoms with Gasteiger partial charge in [0.1, 0.15) is 0 Å². The van der Waals surface area contributed by atoms with Crippen molar-refractivity contribution in [2.45, 2.75) is 19.3 Å². The molecule has 3 rings (SSSR count). The lowest BCUT2D eigenvalue weighted by molar-refractivity contribution is 0.156. The van der Waals surface area contributed by atoms with Gasteiger partial charge in [0.25, 0.3) is 0 Å². The van der Waals surface area contributed by atoms with Gasteiger partial charge in [-0.2, -0.15) is 0 Å². The summed E-state index contributed by atoms with van der Waals surface area (Å²) in [5.41, 5.74) is 0.469. The first-order valence-electron chi connectivity index (χ1n) is 4.77. The molecular weight excluding hydrogens is 148 g/mol. The predicted molar refractivity (Wildman–Crippen MR) is 47.5 cm³/mol. The molecule has 0 aromatic rings. The molecule has 64 valence electrons. The molecule has 1 saturated heterocycles. The molecule has 1 heterocycles. The van der Waals surface area contributed by atoms with Gasteiger partial charge in [0.15, 0.2) is 0 Å². The lowest BCUT2D eigenvalue weighted by Gasteiger charge is -2.27. The Hall–Kier alpha value is -0.720. The normalized spacial score (nSPS) is 49.2. The largest absolute Gasteiger partial charge is 0.498 e. The van der Waals surface area contributed by atoms with Crippen molar-refractivity contribution in [2.75, 3.05) is 6.61 Å². The molecule has 0 aromatic carbocycles. The van der Waals surface area contributed by atoms with Crippen molar-refractivity contribution in [1.29, 1.82) is 0 Å². The van der Waals surface area contributed by atoms with Crippen LogP contribution >= 0.6 is 0 Å². The first-order valence-corrected chi connectivity index (χ1v) is 4.77. The van der Waals surface area contributed by atoms with Crippen LogP contribution in [0.5, 0.6) is 0 Å².